The third kappa shape index (κ3) is 3.37. The second kappa shape index (κ2) is 5.67. The molecule has 0 atom stereocenters. The number of benzene rings is 1. The lowest BCUT2D eigenvalue weighted by atomic mass is 9.94. The van der Waals surface area contributed by atoms with E-state index in [0.717, 1.165) is 0 Å². The average Bonchev–Trinajstić information content (AvgIpc) is 2.44. The molecule has 0 aliphatic carbocycles. The molecule has 1 heterocycles. The standard InChI is InChI=1S/C14H17N3O2S2/c1-14(2,13(15)20)9-17-21(18,19)12-7-3-6-11-10(12)5-4-8-16-11/h3-8,17H,9H2,1-2H3,(H2,15,20). The lowest BCUT2D eigenvalue weighted by molar-refractivity contribution is 0.502. The summed E-state index contributed by atoms with van der Waals surface area (Å²) in [6, 6.07) is 8.44. The molecule has 112 valence electrons. The molecule has 3 N–H and O–H groups in total. The first-order valence-electron chi connectivity index (χ1n) is 6.37. The molecule has 2 aromatic rings. The maximum atomic E-state index is 12.5. The maximum absolute atomic E-state index is 12.5. The van der Waals surface area contributed by atoms with Gasteiger partial charge in [0.1, 0.15) is 0 Å². The van der Waals surface area contributed by atoms with Gasteiger partial charge in [-0.05, 0) is 24.3 Å². The first kappa shape index (κ1) is 15.8. The quantitative estimate of drug-likeness (QED) is 0.820. The van der Waals surface area contributed by atoms with E-state index in [1.165, 1.54) is 0 Å². The maximum Gasteiger partial charge on any atom is 0.241 e. The number of aromatic nitrogens is 1. The highest BCUT2D eigenvalue weighted by atomic mass is 32.2. The van der Waals surface area contributed by atoms with Crippen LogP contribution in [0.25, 0.3) is 10.9 Å². The molecule has 0 fully saturated rings. The Labute approximate surface area is 129 Å². The van der Waals surface area contributed by atoms with Gasteiger partial charge in [0.15, 0.2) is 0 Å². The van der Waals surface area contributed by atoms with Crippen molar-refractivity contribution in [3.8, 4) is 0 Å². The molecular weight excluding hydrogens is 306 g/mol. The lowest BCUT2D eigenvalue weighted by Gasteiger charge is -2.23. The van der Waals surface area contributed by atoms with E-state index in [1.807, 2.05) is 0 Å². The Morgan fingerprint density at radius 2 is 2.05 bits per heavy atom. The topological polar surface area (TPSA) is 85.1 Å². The molecule has 0 radical (unpaired) electrons. The average molecular weight is 323 g/mol. The molecular formula is C14H17N3O2S2. The molecule has 1 aromatic carbocycles. The molecule has 7 heteroatoms. The number of rotatable bonds is 5. The van der Waals surface area contributed by atoms with Crippen LogP contribution >= 0.6 is 12.2 Å². The molecule has 0 bridgehead atoms. The van der Waals surface area contributed by atoms with Crippen LogP contribution in [0.15, 0.2) is 41.4 Å². The van der Waals surface area contributed by atoms with Gasteiger partial charge in [-0.25, -0.2) is 13.1 Å². The van der Waals surface area contributed by atoms with E-state index in [2.05, 4.69) is 9.71 Å². The van der Waals surface area contributed by atoms with E-state index >= 15 is 0 Å². The van der Waals surface area contributed by atoms with Crippen LogP contribution in [0, 0.1) is 5.41 Å². The Hall–Kier alpha value is -1.57. The van der Waals surface area contributed by atoms with Gasteiger partial charge in [-0.2, -0.15) is 0 Å². The SMILES string of the molecule is CC(C)(CNS(=O)(=O)c1cccc2ncccc12)C(N)=S. The molecule has 1 aromatic heterocycles. The predicted molar refractivity (Wildman–Crippen MR) is 87.5 cm³/mol. The Bertz CT molecular complexity index is 780. The molecule has 0 unspecified atom stereocenters. The smallest absolute Gasteiger partial charge is 0.241 e. The molecule has 5 nitrogen and oxygen atoms in total. The van der Waals surface area contributed by atoms with E-state index in [0.29, 0.717) is 10.9 Å². The zero-order valence-corrected chi connectivity index (χ0v) is 13.5. The van der Waals surface area contributed by atoms with Crippen molar-refractivity contribution in [2.75, 3.05) is 6.54 Å². The molecule has 0 saturated carbocycles. The minimum atomic E-state index is -3.66. The summed E-state index contributed by atoms with van der Waals surface area (Å²) >= 11 is 4.95. The van der Waals surface area contributed by atoms with Gasteiger partial charge >= 0.3 is 0 Å². The largest absolute Gasteiger partial charge is 0.393 e. The number of nitrogens with one attached hydrogen (secondary N) is 1. The number of hydrogen-bond acceptors (Lipinski definition) is 4. The number of sulfonamides is 1. The number of nitrogens with zero attached hydrogens (tertiary/aromatic N) is 1. The summed E-state index contributed by atoms with van der Waals surface area (Å²) in [7, 11) is -3.66. The van der Waals surface area contributed by atoms with Gasteiger partial charge in [-0.3, -0.25) is 4.98 Å². The lowest BCUT2D eigenvalue weighted by Crippen LogP contribution is -2.41. The molecule has 0 saturated heterocycles. The van der Waals surface area contributed by atoms with Gasteiger partial charge in [0, 0.05) is 23.5 Å². The molecule has 0 aliphatic rings. The summed E-state index contributed by atoms with van der Waals surface area (Å²) < 4.78 is 27.6. The fraction of sp³-hybridized carbons (Fsp3) is 0.286. The van der Waals surface area contributed by atoms with Crippen molar-refractivity contribution >= 4 is 38.1 Å². The second-order valence-electron chi connectivity index (χ2n) is 5.40. The summed E-state index contributed by atoms with van der Waals surface area (Å²) in [5, 5.41) is 0.584. The molecule has 0 spiro atoms. The summed E-state index contributed by atoms with van der Waals surface area (Å²) in [6.07, 6.45) is 1.63. The summed E-state index contributed by atoms with van der Waals surface area (Å²) in [5.41, 5.74) is 5.66. The number of hydrogen-bond donors (Lipinski definition) is 2. The zero-order valence-electron chi connectivity index (χ0n) is 11.8. The van der Waals surface area contributed by atoms with Crippen LogP contribution in [0.1, 0.15) is 13.8 Å². The van der Waals surface area contributed by atoms with E-state index in [9.17, 15) is 8.42 Å². The Morgan fingerprint density at radius 1 is 1.33 bits per heavy atom. The Balaban J connectivity index is 2.37. The van der Waals surface area contributed by atoms with Gasteiger partial charge in [0.25, 0.3) is 0 Å². The van der Waals surface area contributed by atoms with Crippen LogP contribution in [0.2, 0.25) is 0 Å². The minimum Gasteiger partial charge on any atom is -0.393 e. The van der Waals surface area contributed by atoms with Gasteiger partial charge in [-0.1, -0.05) is 32.1 Å². The van der Waals surface area contributed by atoms with Crippen molar-refractivity contribution in [1.82, 2.24) is 9.71 Å². The van der Waals surface area contributed by atoms with Gasteiger partial charge in [0.05, 0.1) is 15.4 Å². The van der Waals surface area contributed by atoms with Crippen LogP contribution in [0.3, 0.4) is 0 Å². The van der Waals surface area contributed by atoms with Crippen LogP contribution < -0.4 is 10.5 Å². The van der Waals surface area contributed by atoms with E-state index in [4.69, 9.17) is 18.0 Å². The van der Waals surface area contributed by atoms with Crippen LogP contribution in [-0.4, -0.2) is 24.9 Å². The highest BCUT2D eigenvalue weighted by Gasteiger charge is 2.25. The van der Waals surface area contributed by atoms with E-state index in [1.54, 1.807) is 50.4 Å². The zero-order chi connectivity index (χ0) is 15.7. The van der Waals surface area contributed by atoms with Crippen molar-refractivity contribution < 1.29 is 8.42 Å². The fourth-order valence-corrected chi connectivity index (χ4v) is 3.25. The number of nitrogens with two attached hydrogens (primary N) is 1. The van der Waals surface area contributed by atoms with Gasteiger partial charge in [-0.15, -0.1) is 0 Å². The summed E-state index contributed by atoms with van der Waals surface area (Å²) in [4.78, 5) is 4.63. The molecule has 0 aliphatic heterocycles. The Kier molecular flexibility index (Phi) is 4.27. The molecule has 0 amide bonds. The van der Waals surface area contributed by atoms with Gasteiger partial charge in [0.2, 0.25) is 10.0 Å². The monoisotopic (exact) mass is 323 g/mol. The number of thiocarbonyl (C=S) groups is 1. The molecule has 21 heavy (non-hydrogen) atoms. The first-order chi connectivity index (χ1) is 9.74. The summed E-state index contributed by atoms with van der Waals surface area (Å²) in [6.45, 7) is 3.73. The highest BCUT2D eigenvalue weighted by Crippen LogP contribution is 2.22. The first-order valence-corrected chi connectivity index (χ1v) is 8.26. The normalized spacial score (nSPS) is 12.5. The Morgan fingerprint density at radius 3 is 2.71 bits per heavy atom. The van der Waals surface area contributed by atoms with Crippen molar-refractivity contribution in [3.63, 3.8) is 0 Å². The summed E-state index contributed by atoms with van der Waals surface area (Å²) in [5.74, 6) is 0. The third-order valence-electron chi connectivity index (χ3n) is 3.27. The highest BCUT2D eigenvalue weighted by molar-refractivity contribution is 7.89. The number of fused-ring (bicyclic) bond motifs is 1. The van der Waals surface area contributed by atoms with Crippen molar-refractivity contribution in [1.29, 1.82) is 0 Å². The van der Waals surface area contributed by atoms with Crippen molar-refractivity contribution in [2.45, 2.75) is 18.7 Å². The van der Waals surface area contributed by atoms with E-state index < -0.39 is 15.4 Å². The minimum absolute atomic E-state index is 0.140. The third-order valence-corrected chi connectivity index (χ3v) is 5.28. The van der Waals surface area contributed by atoms with Crippen molar-refractivity contribution in [2.24, 2.45) is 11.1 Å². The van der Waals surface area contributed by atoms with Crippen LogP contribution in [0.4, 0.5) is 0 Å². The van der Waals surface area contributed by atoms with E-state index in [-0.39, 0.29) is 16.4 Å². The van der Waals surface area contributed by atoms with Gasteiger partial charge < -0.3 is 5.73 Å². The van der Waals surface area contributed by atoms with Crippen LogP contribution in [-0.2, 0) is 10.0 Å². The van der Waals surface area contributed by atoms with Crippen LogP contribution in [0.5, 0.6) is 0 Å². The fourth-order valence-electron chi connectivity index (χ4n) is 1.75. The van der Waals surface area contributed by atoms with Crippen molar-refractivity contribution in [3.05, 3.63) is 36.5 Å². The number of pyridine rings is 1. The predicted octanol–water partition coefficient (Wildman–Crippen LogP) is 1.83. The molecule has 2 rings (SSSR count). The second-order valence-corrected chi connectivity index (χ2v) is 7.57.